The van der Waals surface area contributed by atoms with Crippen LogP contribution in [0.1, 0.15) is 60.8 Å². The molecular formula is C34H42ClN3O4S. The van der Waals surface area contributed by atoms with Gasteiger partial charge in [-0.3, -0.25) is 13.9 Å². The van der Waals surface area contributed by atoms with Crippen molar-refractivity contribution in [2.75, 3.05) is 17.1 Å². The smallest absolute Gasteiger partial charge is 0.243 e. The first-order valence-corrected chi connectivity index (χ1v) is 17.2. The van der Waals surface area contributed by atoms with Crippen LogP contribution in [0, 0.1) is 13.8 Å². The Labute approximate surface area is 261 Å². The van der Waals surface area contributed by atoms with E-state index in [-0.39, 0.29) is 43.8 Å². The number of halogens is 1. The molecule has 1 atom stereocenters. The summed E-state index contributed by atoms with van der Waals surface area (Å²) >= 11 is 6.30. The highest BCUT2D eigenvalue weighted by Gasteiger charge is 2.32. The third-order valence-electron chi connectivity index (χ3n) is 8.23. The molecule has 0 aliphatic heterocycles. The van der Waals surface area contributed by atoms with Crippen molar-refractivity contribution in [1.82, 2.24) is 10.2 Å². The van der Waals surface area contributed by atoms with Crippen molar-refractivity contribution in [2.45, 2.75) is 77.4 Å². The number of aryl methyl sites for hydroxylation is 1. The van der Waals surface area contributed by atoms with Crippen LogP contribution < -0.4 is 9.62 Å². The second kappa shape index (κ2) is 14.9. The Morgan fingerprint density at radius 3 is 2.30 bits per heavy atom. The van der Waals surface area contributed by atoms with E-state index >= 15 is 0 Å². The van der Waals surface area contributed by atoms with Gasteiger partial charge in [-0.25, -0.2) is 8.42 Å². The zero-order valence-electron chi connectivity index (χ0n) is 25.3. The SMILES string of the molecule is Cc1ccccc1CN(C(=O)CCCN(c1cccc(Cl)c1C)S(C)(=O)=O)[C@H](Cc1ccccc1)C(=O)NC1CCCC1. The quantitative estimate of drug-likeness (QED) is 0.246. The molecule has 4 rings (SSSR count). The summed E-state index contributed by atoms with van der Waals surface area (Å²) in [7, 11) is -3.63. The maximum absolute atomic E-state index is 14.1. The predicted molar refractivity (Wildman–Crippen MR) is 174 cm³/mol. The summed E-state index contributed by atoms with van der Waals surface area (Å²) in [4.78, 5) is 29.7. The summed E-state index contributed by atoms with van der Waals surface area (Å²) < 4.78 is 26.9. The Hall–Kier alpha value is -3.36. The van der Waals surface area contributed by atoms with Gasteiger partial charge in [0, 0.05) is 37.0 Å². The molecular weight excluding hydrogens is 582 g/mol. The van der Waals surface area contributed by atoms with Gasteiger partial charge in [-0.15, -0.1) is 0 Å². The van der Waals surface area contributed by atoms with Crippen LogP contribution in [0.15, 0.2) is 72.8 Å². The van der Waals surface area contributed by atoms with Crippen LogP contribution in [0.3, 0.4) is 0 Å². The number of rotatable bonds is 13. The Balaban J connectivity index is 1.61. The van der Waals surface area contributed by atoms with Crippen molar-refractivity contribution < 1.29 is 18.0 Å². The van der Waals surface area contributed by atoms with Gasteiger partial charge in [0.15, 0.2) is 0 Å². The number of hydrogen-bond acceptors (Lipinski definition) is 4. The molecule has 1 fully saturated rings. The van der Waals surface area contributed by atoms with Gasteiger partial charge in [0.25, 0.3) is 0 Å². The normalized spacial score (nSPS) is 14.3. The van der Waals surface area contributed by atoms with Crippen molar-refractivity contribution in [3.8, 4) is 0 Å². The zero-order chi connectivity index (χ0) is 31.0. The van der Waals surface area contributed by atoms with E-state index in [0.717, 1.165) is 48.6 Å². The molecule has 1 aliphatic carbocycles. The highest BCUT2D eigenvalue weighted by Crippen LogP contribution is 2.29. The number of carbonyl (C=O) groups excluding carboxylic acids is 2. The van der Waals surface area contributed by atoms with E-state index in [1.807, 2.05) is 61.5 Å². The number of nitrogens with one attached hydrogen (secondary N) is 1. The van der Waals surface area contributed by atoms with Gasteiger partial charge < -0.3 is 10.2 Å². The number of nitrogens with zero attached hydrogens (tertiary/aromatic N) is 2. The minimum atomic E-state index is -3.63. The number of benzene rings is 3. The first kappa shape index (κ1) is 32.6. The highest BCUT2D eigenvalue weighted by molar-refractivity contribution is 7.92. The van der Waals surface area contributed by atoms with Crippen LogP contribution >= 0.6 is 11.6 Å². The van der Waals surface area contributed by atoms with E-state index in [0.29, 0.717) is 22.7 Å². The molecule has 0 radical (unpaired) electrons. The lowest BCUT2D eigenvalue weighted by atomic mass is 10.0. The zero-order valence-corrected chi connectivity index (χ0v) is 26.8. The fraction of sp³-hybridized carbons (Fsp3) is 0.412. The summed E-state index contributed by atoms with van der Waals surface area (Å²) in [5, 5.41) is 3.70. The second-order valence-corrected chi connectivity index (χ2v) is 13.8. The molecule has 1 N–H and O–H groups in total. The highest BCUT2D eigenvalue weighted by atomic mass is 35.5. The Morgan fingerprint density at radius 2 is 1.63 bits per heavy atom. The minimum Gasteiger partial charge on any atom is -0.352 e. The minimum absolute atomic E-state index is 0.0828. The third-order valence-corrected chi connectivity index (χ3v) is 9.82. The molecule has 0 spiro atoms. The summed E-state index contributed by atoms with van der Waals surface area (Å²) in [6.45, 7) is 4.17. The van der Waals surface area contributed by atoms with Crippen molar-refractivity contribution in [2.24, 2.45) is 0 Å². The second-order valence-electron chi connectivity index (χ2n) is 11.5. The predicted octanol–water partition coefficient (Wildman–Crippen LogP) is 6.20. The van der Waals surface area contributed by atoms with Crippen LogP contribution in [0.4, 0.5) is 5.69 Å². The van der Waals surface area contributed by atoms with E-state index in [2.05, 4.69) is 5.32 Å². The van der Waals surface area contributed by atoms with Crippen molar-refractivity contribution in [1.29, 1.82) is 0 Å². The molecule has 7 nitrogen and oxygen atoms in total. The van der Waals surface area contributed by atoms with Gasteiger partial charge in [-0.1, -0.05) is 85.1 Å². The Kier molecular flexibility index (Phi) is 11.3. The van der Waals surface area contributed by atoms with E-state index < -0.39 is 16.1 Å². The Bertz CT molecular complexity index is 1510. The van der Waals surface area contributed by atoms with Crippen LogP contribution in [0.5, 0.6) is 0 Å². The van der Waals surface area contributed by atoms with E-state index in [1.54, 1.807) is 30.0 Å². The first-order chi connectivity index (χ1) is 20.5. The lowest BCUT2D eigenvalue weighted by molar-refractivity contribution is -0.141. The number of amides is 2. The van der Waals surface area contributed by atoms with Gasteiger partial charge in [-0.05, 0) is 67.5 Å². The van der Waals surface area contributed by atoms with E-state index in [9.17, 15) is 18.0 Å². The summed E-state index contributed by atoms with van der Waals surface area (Å²) in [5.74, 6) is -0.341. The van der Waals surface area contributed by atoms with Gasteiger partial charge in [0.1, 0.15) is 6.04 Å². The fourth-order valence-electron chi connectivity index (χ4n) is 5.74. The first-order valence-electron chi connectivity index (χ1n) is 15.0. The van der Waals surface area contributed by atoms with E-state index in [4.69, 9.17) is 11.6 Å². The molecule has 0 bridgehead atoms. The fourth-order valence-corrected chi connectivity index (χ4v) is 6.93. The average molecular weight is 624 g/mol. The number of sulfonamides is 1. The molecule has 3 aromatic carbocycles. The molecule has 0 aromatic heterocycles. The number of hydrogen-bond donors (Lipinski definition) is 1. The maximum atomic E-state index is 14.1. The molecule has 0 unspecified atom stereocenters. The van der Waals surface area contributed by atoms with Gasteiger partial charge >= 0.3 is 0 Å². The molecule has 9 heteroatoms. The summed E-state index contributed by atoms with van der Waals surface area (Å²) in [6.07, 6.45) is 5.97. The molecule has 230 valence electrons. The van der Waals surface area contributed by atoms with Crippen molar-refractivity contribution in [3.63, 3.8) is 0 Å². The summed E-state index contributed by atoms with van der Waals surface area (Å²) in [6, 6.07) is 22.2. The molecule has 43 heavy (non-hydrogen) atoms. The largest absolute Gasteiger partial charge is 0.352 e. The summed E-state index contributed by atoms with van der Waals surface area (Å²) in [5.41, 5.74) is 4.13. The third kappa shape index (κ3) is 8.83. The van der Waals surface area contributed by atoms with Gasteiger partial charge in [-0.2, -0.15) is 0 Å². The molecule has 0 heterocycles. The van der Waals surface area contributed by atoms with Crippen LogP contribution in [-0.2, 0) is 32.6 Å². The number of anilines is 1. The molecule has 2 amide bonds. The lowest BCUT2D eigenvalue weighted by Crippen LogP contribution is -2.52. The van der Waals surface area contributed by atoms with Crippen LogP contribution in [0.2, 0.25) is 5.02 Å². The topological polar surface area (TPSA) is 86.8 Å². The van der Waals surface area contributed by atoms with Gasteiger partial charge in [0.2, 0.25) is 21.8 Å². The lowest BCUT2D eigenvalue weighted by Gasteiger charge is -2.33. The van der Waals surface area contributed by atoms with Crippen molar-refractivity contribution in [3.05, 3.63) is 100 Å². The van der Waals surface area contributed by atoms with Crippen LogP contribution in [-0.4, -0.2) is 50.0 Å². The molecule has 0 saturated heterocycles. The average Bonchev–Trinajstić information content (AvgIpc) is 3.48. The van der Waals surface area contributed by atoms with Crippen molar-refractivity contribution >= 4 is 39.1 Å². The maximum Gasteiger partial charge on any atom is 0.243 e. The molecule has 1 aliphatic rings. The van der Waals surface area contributed by atoms with Crippen LogP contribution in [0.25, 0.3) is 0 Å². The number of carbonyl (C=O) groups is 2. The molecule has 1 saturated carbocycles. The van der Waals surface area contributed by atoms with Gasteiger partial charge in [0.05, 0.1) is 11.9 Å². The molecule has 3 aromatic rings. The standard InChI is InChI=1S/C34H42ClN3O4S/c1-25-13-7-8-16-28(25)24-37(32(23-27-14-5-4-6-15-27)34(40)36-29-17-9-10-18-29)33(39)21-12-22-38(43(3,41)42)31-20-11-19-30(35)26(31)2/h4-8,11,13-16,19-20,29,32H,9-10,12,17-18,21-24H2,1-3H3,(H,36,40)/t32-/m1/s1. The monoisotopic (exact) mass is 623 g/mol. The Morgan fingerprint density at radius 1 is 0.953 bits per heavy atom. The van der Waals surface area contributed by atoms with E-state index in [1.165, 1.54) is 4.31 Å².